The average Bonchev–Trinajstić information content (AvgIpc) is 2.47. The van der Waals surface area contributed by atoms with Crippen molar-refractivity contribution in [1.82, 2.24) is 9.88 Å². The Morgan fingerprint density at radius 1 is 1.41 bits per heavy atom. The van der Waals surface area contributed by atoms with Gasteiger partial charge >= 0.3 is 0 Å². The van der Waals surface area contributed by atoms with Gasteiger partial charge in [-0.15, -0.1) is 24.0 Å². The Hall–Kier alpha value is -1.83. The average molecular weight is 412 g/mol. The van der Waals surface area contributed by atoms with Crippen molar-refractivity contribution in [2.75, 3.05) is 6.54 Å². The summed E-state index contributed by atoms with van der Waals surface area (Å²) < 4.78 is 1.64. The van der Waals surface area contributed by atoms with Gasteiger partial charge in [0.1, 0.15) is 0 Å². The second kappa shape index (κ2) is 7.98. The maximum absolute atomic E-state index is 12.3. The monoisotopic (exact) mass is 412 g/mol. The minimum absolute atomic E-state index is 0. The highest BCUT2D eigenvalue weighted by Crippen LogP contribution is 2.12. The highest BCUT2D eigenvalue weighted by Gasteiger charge is 2.05. The zero-order valence-electron chi connectivity index (χ0n) is 12.8. The highest BCUT2D eigenvalue weighted by atomic mass is 127. The molecule has 2 rings (SSSR count). The van der Waals surface area contributed by atoms with Crippen molar-refractivity contribution in [3.05, 3.63) is 58.4 Å². The molecule has 0 bridgehead atoms. The Morgan fingerprint density at radius 2 is 2.09 bits per heavy atom. The van der Waals surface area contributed by atoms with Crippen molar-refractivity contribution in [3.63, 3.8) is 0 Å². The summed E-state index contributed by atoms with van der Waals surface area (Å²) in [5.74, 6) is 0.313. The number of fused-ring (bicyclic) bond motifs is 1. The normalized spacial score (nSPS) is 11.1. The molecule has 0 fully saturated rings. The highest BCUT2D eigenvalue weighted by molar-refractivity contribution is 14.0. The number of guanidine groups is 1. The van der Waals surface area contributed by atoms with E-state index in [1.807, 2.05) is 37.3 Å². The predicted octanol–water partition coefficient (Wildman–Crippen LogP) is 2.14. The van der Waals surface area contributed by atoms with Crippen molar-refractivity contribution in [2.24, 2.45) is 17.8 Å². The third-order valence-corrected chi connectivity index (χ3v) is 3.20. The lowest BCUT2D eigenvalue weighted by Gasteiger charge is -2.08. The van der Waals surface area contributed by atoms with E-state index in [0.717, 1.165) is 16.5 Å². The third-order valence-electron chi connectivity index (χ3n) is 3.20. The second-order valence-electron chi connectivity index (χ2n) is 5.10. The molecule has 118 valence electrons. The van der Waals surface area contributed by atoms with Crippen molar-refractivity contribution in [3.8, 4) is 0 Å². The molecule has 0 amide bonds. The molecule has 0 atom stereocenters. The molecular weight excluding hydrogens is 391 g/mol. The number of hydrogen-bond acceptors (Lipinski definition) is 2. The van der Waals surface area contributed by atoms with E-state index in [-0.39, 0.29) is 36.1 Å². The number of para-hydroxylation sites is 1. The van der Waals surface area contributed by atoms with Crippen LogP contribution in [-0.2, 0) is 13.6 Å². The number of halogens is 1. The minimum atomic E-state index is -0.0508. The van der Waals surface area contributed by atoms with Gasteiger partial charge in [-0.05, 0) is 24.4 Å². The van der Waals surface area contributed by atoms with Gasteiger partial charge < -0.3 is 15.6 Å². The topological polar surface area (TPSA) is 72.4 Å². The van der Waals surface area contributed by atoms with Crippen molar-refractivity contribution in [1.29, 1.82) is 0 Å². The van der Waals surface area contributed by atoms with E-state index in [1.54, 1.807) is 11.6 Å². The lowest BCUT2D eigenvalue weighted by Crippen LogP contribution is -2.33. The largest absolute Gasteiger partial charge is 0.370 e. The van der Waals surface area contributed by atoms with E-state index in [1.165, 1.54) is 0 Å². The molecular formula is C16H21IN4O. The molecule has 0 aliphatic rings. The zero-order chi connectivity index (χ0) is 15.4. The Bertz CT molecular complexity index is 764. The van der Waals surface area contributed by atoms with Crippen molar-refractivity contribution in [2.45, 2.75) is 13.5 Å². The van der Waals surface area contributed by atoms with Crippen LogP contribution < -0.4 is 16.6 Å². The van der Waals surface area contributed by atoms with Gasteiger partial charge in [0.25, 0.3) is 5.56 Å². The maximum atomic E-state index is 12.3. The molecule has 0 radical (unpaired) electrons. The molecule has 0 unspecified atom stereocenters. The van der Waals surface area contributed by atoms with Crippen LogP contribution in [0.2, 0.25) is 0 Å². The number of nitrogens with one attached hydrogen (secondary N) is 1. The van der Waals surface area contributed by atoms with Crippen molar-refractivity contribution >= 4 is 40.8 Å². The molecule has 0 aliphatic carbocycles. The van der Waals surface area contributed by atoms with E-state index < -0.39 is 0 Å². The first kappa shape index (κ1) is 18.2. The van der Waals surface area contributed by atoms with Crippen molar-refractivity contribution < 1.29 is 0 Å². The Balaban J connectivity index is 0.00000242. The third kappa shape index (κ3) is 4.33. The number of nitrogens with zero attached hydrogens (tertiary/aromatic N) is 2. The summed E-state index contributed by atoms with van der Waals surface area (Å²) in [5.41, 5.74) is 8.20. The van der Waals surface area contributed by atoms with Gasteiger partial charge in [-0.3, -0.25) is 4.79 Å². The fourth-order valence-corrected chi connectivity index (χ4v) is 2.07. The molecule has 0 saturated carbocycles. The molecule has 0 saturated heterocycles. The smallest absolute Gasteiger partial charge is 0.255 e. The quantitative estimate of drug-likeness (QED) is 0.350. The molecule has 22 heavy (non-hydrogen) atoms. The van der Waals surface area contributed by atoms with Gasteiger partial charge in [0.2, 0.25) is 0 Å². The summed E-state index contributed by atoms with van der Waals surface area (Å²) in [6.45, 7) is 6.51. The molecule has 1 aromatic heterocycles. The molecule has 2 aromatic rings. The predicted molar refractivity (Wildman–Crippen MR) is 103 cm³/mol. The molecule has 3 N–H and O–H groups in total. The van der Waals surface area contributed by atoms with Crippen LogP contribution in [0.4, 0.5) is 0 Å². The van der Waals surface area contributed by atoms with Crippen LogP contribution in [0.1, 0.15) is 12.5 Å². The van der Waals surface area contributed by atoms with Gasteiger partial charge in [-0.2, -0.15) is 0 Å². The first-order chi connectivity index (χ1) is 9.99. The summed E-state index contributed by atoms with van der Waals surface area (Å²) in [6, 6.07) is 9.63. The number of nitrogens with two attached hydrogens (primary N) is 1. The van der Waals surface area contributed by atoms with Gasteiger partial charge in [0.15, 0.2) is 5.96 Å². The van der Waals surface area contributed by atoms with Crippen LogP contribution >= 0.6 is 24.0 Å². The summed E-state index contributed by atoms with van der Waals surface area (Å²) in [5, 5.41) is 3.96. The van der Waals surface area contributed by atoms with Crippen LogP contribution in [0, 0.1) is 0 Å². The molecule has 5 nitrogen and oxygen atoms in total. The van der Waals surface area contributed by atoms with Crippen LogP contribution in [0.25, 0.3) is 10.9 Å². The standard InChI is InChI=1S/C16H20N4O.HI/c1-11(2)9-18-16(17)19-10-13-8-12-6-4-5-7-14(12)20(3)15(13)21;/h4-8H,1,9-10H2,2-3H3,(H3,17,18,19);1H. The van der Waals surface area contributed by atoms with Gasteiger partial charge in [0.05, 0.1) is 12.1 Å². The first-order valence-electron chi connectivity index (χ1n) is 6.75. The molecule has 0 spiro atoms. The van der Waals surface area contributed by atoms with E-state index >= 15 is 0 Å². The number of rotatable bonds is 4. The lowest BCUT2D eigenvalue weighted by atomic mass is 10.1. The summed E-state index contributed by atoms with van der Waals surface area (Å²) in [7, 11) is 1.76. The fraction of sp³-hybridized carbons (Fsp3) is 0.250. The number of pyridine rings is 1. The summed E-state index contributed by atoms with van der Waals surface area (Å²) in [6.07, 6.45) is 0. The number of benzene rings is 1. The van der Waals surface area contributed by atoms with Gasteiger partial charge in [-0.1, -0.05) is 30.4 Å². The number of hydrogen-bond donors (Lipinski definition) is 2. The van der Waals surface area contributed by atoms with E-state index in [9.17, 15) is 4.79 Å². The Morgan fingerprint density at radius 3 is 2.77 bits per heavy atom. The van der Waals surface area contributed by atoms with Crippen LogP contribution in [0.5, 0.6) is 0 Å². The maximum Gasteiger partial charge on any atom is 0.255 e. The first-order valence-corrected chi connectivity index (χ1v) is 6.75. The van der Waals surface area contributed by atoms with Gasteiger partial charge in [-0.25, -0.2) is 4.99 Å². The van der Waals surface area contributed by atoms with Gasteiger partial charge in [0, 0.05) is 19.2 Å². The van der Waals surface area contributed by atoms with E-state index in [0.29, 0.717) is 18.1 Å². The summed E-state index contributed by atoms with van der Waals surface area (Å²) in [4.78, 5) is 16.5. The van der Waals surface area contributed by atoms with E-state index in [4.69, 9.17) is 5.73 Å². The molecule has 1 aromatic carbocycles. The van der Waals surface area contributed by atoms with Crippen LogP contribution in [-0.4, -0.2) is 17.1 Å². The summed E-state index contributed by atoms with van der Waals surface area (Å²) >= 11 is 0. The Kier molecular flexibility index (Phi) is 6.61. The molecule has 0 aliphatic heterocycles. The Labute approximate surface area is 146 Å². The molecule has 1 heterocycles. The number of aromatic nitrogens is 1. The molecule has 6 heteroatoms. The van der Waals surface area contributed by atoms with E-state index in [2.05, 4.69) is 16.9 Å². The van der Waals surface area contributed by atoms with Crippen LogP contribution in [0.15, 0.2) is 52.3 Å². The minimum Gasteiger partial charge on any atom is -0.370 e. The number of aliphatic imine (C=N–C) groups is 1. The lowest BCUT2D eigenvalue weighted by molar-refractivity contribution is 0.863. The van der Waals surface area contributed by atoms with Crippen LogP contribution in [0.3, 0.4) is 0 Å². The second-order valence-corrected chi connectivity index (χ2v) is 5.10. The SMILES string of the molecule is C=C(C)CNC(N)=NCc1cc2ccccc2n(C)c1=O.I. The zero-order valence-corrected chi connectivity index (χ0v) is 15.1. The number of aryl methyl sites for hydroxylation is 1. The fourth-order valence-electron chi connectivity index (χ4n) is 2.07.